The highest BCUT2D eigenvalue weighted by Crippen LogP contribution is 2.28. The van der Waals surface area contributed by atoms with E-state index in [1.807, 2.05) is 42.2 Å². The number of carbonyl (C=O) groups excluding carboxylic acids is 1. The summed E-state index contributed by atoms with van der Waals surface area (Å²) in [5.41, 5.74) is 2.29. The minimum Gasteiger partial charge on any atom is -0.504 e. The zero-order valence-electron chi connectivity index (χ0n) is 19.5. The van der Waals surface area contributed by atoms with Gasteiger partial charge in [-0.05, 0) is 56.1 Å². The maximum Gasteiger partial charge on any atom is 0.414 e. The van der Waals surface area contributed by atoms with Gasteiger partial charge >= 0.3 is 11.9 Å². The molecule has 2 aromatic rings. The van der Waals surface area contributed by atoms with Crippen LogP contribution < -0.4 is 4.74 Å². The Morgan fingerprint density at radius 2 is 1.62 bits per heavy atom. The van der Waals surface area contributed by atoms with Gasteiger partial charge in [-0.3, -0.25) is 9.69 Å². The third-order valence-corrected chi connectivity index (χ3v) is 5.68. The summed E-state index contributed by atoms with van der Waals surface area (Å²) in [5.74, 6) is -2.60. The molecule has 0 spiro atoms. The lowest BCUT2D eigenvalue weighted by Crippen LogP contribution is -2.42. The van der Waals surface area contributed by atoms with Gasteiger partial charge in [-0.2, -0.15) is 0 Å². The number of rotatable bonds is 7. The average Bonchev–Trinajstić information content (AvgIpc) is 2.84. The number of likely N-dealkylation sites (tertiary alicyclic amines) is 1. The number of amides is 1. The molecule has 0 bridgehead atoms. The highest BCUT2D eigenvalue weighted by atomic mass is 16.5. The van der Waals surface area contributed by atoms with Gasteiger partial charge in [0, 0.05) is 25.6 Å². The summed E-state index contributed by atoms with van der Waals surface area (Å²) in [7, 11) is 1.56. The Morgan fingerprint density at radius 1 is 1.00 bits per heavy atom. The molecule has 184 valence electrons. The first kappa shape index (κ1) is 26.7. The van der Waals surface area contributed by atoms with Gasteiger partial charge in [-0.1, -0.05) is 36.4 Å². The van der Waals surface area contributed by atoms with Crippen molar-refractivity contribution in [3.05, 3.63) is 59.7 Å². The Bertz CT molecular complexity index is 945. The Morgan fingerprint density at radius 3 is 2.15 bits per heavy atom. The number of phenolic OH excluding ortho intramolecular Hbond substituents is 1. The molecular formula is C25H32N2O7. The molecule has 1 aliphatic heterocycles. The Hall–Kier alpha value is -3.59. The lowest BCUT2D eigenvalue weighted by atomic mass is 9.94. The normalized spacial score (nSPS) is 13.9. The minimum atomic E-state index is -1.82. The molecule has 0 saturated carbocycles. The van der Waals surface area contributed by atoms with Crippen molar-refractivity contribution < 1.29 is 34.4 Å². The van der Waals surface area contributed by atoms with Crippen molar-refractivity contribution in [3.8, 4) is 11.5 Å². The van der Waals surface area contributed by atoms with Gasteiger partial charge in [0.15, 0.2) is 11.5 Å². The number of aromatic hydroxyl groups is 1. The number of ether oxygens (including phenoxy) is 1. The number of aliphatic carboxylic acids is 2. The second kappa shape index (κ2) is 13.2. The van der Waals surface area contributed by atoms with Crippen LogP contribution in [0.15, 0.2) is 48.5 Å². The van der Waals surface area contributed by atoms with Crippen LogP contribution >= 0.6 is 0 Å². The summed E-state index contributed by atoms with van der Waals surface area (Å²) in [6, 6.07) is 15.7. The molecule has 9 nitrogen and oxygen atoms in total. The maximum absolute atomic E-state index is 13.0. The van der Waals surface area contributed by atoms with E-state index in [-0.39, 0.29) is 17.6 Å². The monoisotopic (exact) mass is 472 g/mol. The van der Waals surface area contributed by atoms with Gasteiger partial charge in [-0.25, -0.2) is 9.59 Å². The van der Waals surface area contributed by atoms with Gasteiger partial charge in [0.1, 0.15) is 0 Å². The summed E-state index contributed by atoms with van der Waals surface area (Å²) in [6.07, 6.45) is 1.78. The molecule has 34 heavy (non-hydrogen) atoms. The fourth-order valence-corrected chi connectivity index (χ4v) is 3.82. The van der Waals surface area contributed by atoms with Crippen LogP contribution in [0.25, 0.3) is 0 Å². The minimum absolute atomic E-state index is 0.106. The molecule has 0 aliphatic carbocycles. The molecule has 1 saturated heterocycles. The number of benzene rings is 2. The quantitative estimate of drug-likeness (QED) is 0.525. The van der Waals surface area contributed by atoms with Crippen molar-refractivity contribution in [1.82, 2.24) is 9.80 Å². The first-order valence-corrected chi connectivity index (χ1v) is 11.1. The van der Waals surface area contributed by atoms with E-state index in [2.05, 4.69) is 17.0 Å². The third-order valence-electron chi connectivity index (χ3n) is 5.68. The van der Waals surface area contributed by atoms with E-state index in [9.17, 15) is 9.90 Å². The fourth-order valence-electron chi connectivity index (χ4n) is 3.82. The Labute approximate surface area is 199 Å². The first-order chi connectivity index (χ1) is 16.2. The van der Waals surface area contributed by atoms with Crippen molar-refractivity contribution in [2.75, 3.05) is 26.7 Å². The summed E-state index contributed by atoms with van der Waals surface area (Å²) in [6.45, 7) is 6.09. The molecule has 3 rings (SSSR count). The second-order valence-electron chi connectivity index (χ2n) is 8.00. The SMILES string of the molecule is CCN(Cc1ccccc1)C(=O)C1CCN(Cc2ccc(O)c(OC)c2)CC1.O=C(O)C(=O)O. The molecule has 1 heterocycles. The number of carboxylic acids is 2. The van der Waals surface area contributed by atoms with Gasteiger partial charge < -0.3 is 25.0 Å². The van der Waals surface area contributed by atoms with Crippen molar-refractivity contribution in [3.63, 3.8) is 0 Å². The number of phenols is 1. The number of nitrogens with zero attached hydrogens (tertiary/aromatic N) is 2. The fraction of sp³-hybridized carbons (Fsp3) is 0.400. The predicted molar refractivity (Wildman–Crippen MR) is 125 cm³/mol. The molecule has 1 fully saturated rings. The topological polar surface area (TPSA) is 128 Å². The van der Waals surface area contributed by atoms with E-state index in [1.54, 1.807) is 13.2 Å². The number of carbonyl (C=O) groups is 3. The largest absolute Gasteiger partial charge is 0.504 e. The molecule has 0 unspecified atom stereocenters. The Balaban J connectivity index is 0.000000604. The summed E-state index contributed by atoms with van der Waals surface area (Å²) in [5, 5.41) is 24.5. The summed E-state index contributed by atoms with van der Waals surface area (Å²) in [4.78, 5) is 35.5. The lowest BCUT2D eigenvalue weighted by molar-refractivity contribution is -0.159. The number of hydrogen-bond acceptors (Lipinski definition) is 6. The zero-order valence-corrected chi connectivity index (χ0v) is 19.5. The van der Waals surface area contributed by atoms with Gasteiger partial charge in [0.05, 0.1) is 7.11 Å². The van der Waals surface area contributed by atoms with Crippen LogP contribution in [-0.4, -0.2) is 69.7 Å². The van der Waals surface area contributed by atoms with Crippen LogP contribution in [0.1, 0.15) is 30.9 Å². The van der Waals surface area contributed by atoms with Gasteiger partial charge in [0.25, 0.3) is 0 Å². The van der Waals surface area contributed by atoms with Crippen LogP contribution in [0.3, 0.4) is 0 Å². The molecule has 0 aromatic heterocycles. The highest BCUT2D eigenvalue weighted by molar-refractivity contribution is 6.27. The Kier molecular flexibility index (Phi) is 10.3. The molecule has 9 heteroatoms. The average molecular weight is 473 g/mol. The molecule has 0 atom stereocenters. The zero-order chi connectivity index (χ0) is 25.1. The predicted octanol–water partition coefficient (Wildman–Crippen LogP) is 2.82. The lowest BCUT2D eigenvalue weighted by Gasteiger charge is -2.34. The standard InChI is InChI=1S/C23H30N2O3.C2H2O4/c1-3-25(17-18-7-5-4-6-8-18)23(27)20-11-13-24(14-12-20)16-19-9-10-21(26)22(15-19)28-2;3-1(4)2(5)6/h4-10,15,20,26H,3,11-14,16-17H2,1-2H3;(H,3,4)(H,5,6). The van der Waals surface area contributed by atoms with Crippen molar-refractivity contribution in [2.24, 2.45) is 5.92 Å². The van der Waals surface area contributed by atoms with Gasteiger partial charge in [0.2, 0.25) is 5.91 Å². The van der Waals surface area contributed by atoms with Gasteiger partial charge in [-0.15, -0.1) is 0 Å². The van der Waals surface area contributed by atoms with Crippen LogP contribution in [-0.2, 0) is 27.5 Å². The van der Waals surface area contributed by atoms with E-state index in [0.717, 1.165) is 44.6 Å². The second-order valence-corrected chi connectivity index (χ2v) is 8.00. The first-order valence-electron chi connectivity index (χ1n) is 11.1. The summed E-state index contributed by atoms with van der Waals surface area (Å²) >= 11 is 0. The van der Waals surface area contributed by atoms with Crippen LogP contribution in [0, 0.1) is 5.92 Å². The smallest absolute Gasteiger partial charge is 0.414 e. The van der Waals surface area contributed by atoms with Crippen LogP contribution in [0.2, 0.25) is 0 Å². The van der Waals surface area contributed by atoms with Crippen molar-refractivity contribution in [2.45, 2.75) is 32.9 Å². The molecular weight excluding hydrogens is 440 g/mol. The van der Waals surface area contributed by atoms with E-state index in [4.69, 9.17) is 24.5 Å². The molecule has 2 aromatic carbocycles. The van der Waals surface area contributed by atoms with E-state index in [1.165, 1.54) is 5.56 Å². The maximum atomic E-state index is 13.0. The molecule has 3 N–H and O–H groups in total. The third kappa shape index (κ3) is 8.08. The highest BCUT2D eigenvalue weighted by Gasteiger charge is 2.28. The van der Waals surface area contributed by atoms with E-state index < -0.39 is 11.9 Å². The number of hydrogen-bond donors (Lipinski definition) is 3. The van der Waals surface area contributed by atoms with Crippen molar-refractivity contribution in [1.29, 1.82) is 0 Å². The van der Waals surface area contributed by atoms with Crippen molar-refractivity contribution >= 4 is 17.8 Å². The van der Waals surface area contributed by atoms with Crippen LogP contribution in [0.4, 0.5) is 0 Å². The van der Waals surface area contributed by atoms with E-state index >= 15 is 0 Å². The number of carboxylic acid groups (broad SMARTS) is 2. The molecule has 1 aliphatic rings. The van der Waals surface area contributed by atoms with Crippen LogP contribution in [0.5, 0.6) is 11.5 Å². The molecule has 1 amide bonds. The van der Waals surface area contributed by atoms with E-state index in [0.29, 0.717) is 12.3 Å². The number of piperidine rings is 1. The summed E-state index contributed by atoms with van der Waals surface area (Å²) < 4.78 is 5.19. The number of methoxy groups -OCH3 is 1. The molecule has 0 radical (unpaired) electrons.